The van der Waals surface area contributed by atoms with E-state index in [1.54, 1.807) is 0 Å². The van der Waals surface area contributed by atoms with Crippen LogP contribution in [0.3, 0.4) is 0 Å². The van der Waals surface area contributed by atoms with Crippen LogP contribution in [-0.2, 0) is 4.79 Å². The van der Waals surface area contributed by atoms with Gasteiger partial charge in [0.05, 0.1) is 0 Å². The Hall–Kier alpha value is 1.41. The minimum absolute atomic E-state index is 0. The molecule has 0 rings (SSSR count). The number of carbonyl (C=O) groups is 1. The average Bonchev–Trinajstić information content (AvgIpc) is 1.84. The van der Waals surface area contributed by atoms with Gasteiger partial charge in [0.25, 0.3) is 0 Å². The number of nitrogens with zero attached hydrogens (tertiary/aromatic N) is 1. The minimum atomic E-state index is -0.772. The van der Waals surface area contributed by atoms with E-state index in [1.807, 2.05) is 0 Å². The van der Waals surface area contributed by atoms with Gasteiger partial charge >= 0.3 is 63.6 Å². The number of halogens is 1. The first kappa shape index (κ1) is 13.0. The Labute approximate surface area is 94.7 Å². The van der Waals surface area contributed by atoms with Gasteiger partial charge in [0.1, 0.15) is 0 Å². The second-order valence-electron chi connectivity index (χ2n) is 1.26. The molecule has 0 bridgehead atoms. The van der Waals surface area contributed by atoms with Gasteiger partial charge in [0.2, 0.25) is 0 Å². The number of rotatable bonds is 2. The molecular formula is C4H7FNOPaPb-. The van der Waals surface area contributed by atoms with Crippen molar-refractivity contribution in [1.82, 2.24) is 4.90 Å². The van der Waals surface area contributed by atoms with Gasteiger partial charge in [0, 0.05) is 32.3 Å². The third-order valence-electron chi connectivity index (χ3n) is 0.672. The first-order chi connectivity index (χ1) is 3.72. The maximum Gasteiger partial charge on any atom is 0 e. The Kier molecular flexibility index (Phi) is 10.9. The summed E-state index contributed by atoms with van der Waals surface area (Å²) >= 11 is 0.600. The summed E-state index contributed by atoms with van der Waals surface area (Å²) in [6, 6.07) is 0. The van der Waals surface area contributed by atoms with Crippen LogP contribution < -0.4 is 0 Å². The number of hydrogen-bond acceptors (Lipinski definition) is 1. The molecule has 3 radical (unpaired) electrons. The van der Waals surface area contributed by atoms with Gasteiger partial charge < -0.3 is 0 Å². The zero-order chi connectivity index (χ0) is 6.57. The molecule has 0 aliphatic carbocycles. The third kappa shape index (κ3) is 5.84. The van der Waals surface area contributed by atoms with Gasteiger partial charge in [-0.1, -0.05) is 0 Å². The molecule has 1 amide bonds. The van der Waals surface area contributed by atoms with E-state index in [2.05, 4.69) is 7.05 Å². The van der Waals surface area contributed by atoms with Crippen molar-refractivity contribution in [2.75, 3.05) is 6.80 Å². The molecule has 0 aromatic heterocycles. The van der Waals surface area contributed by atoms with Gasteiger partial charge in [-0.2, -0.15) is 0 Å². The van der Waals surface area contributed by atoms with Gasteiger partial charge in [0.15, 0.2) is 0 Å². The van der Waals surface area contributed by atoms with Crippen molar-refractivity contribution < 1.29 is 41.5 Å². The molecule has 0 aromatic carbocycles. The molecule has 0 atom stereocenters. The van der Waals surface area contributed by atoms with Crippen molar-refractivity contribution in [3.63, 3.8) is 0 Å². The van der Waals surface area contributed by atoms with E-state index >= 15 is 0 Å². The van der Waals surface area contributed by atoms with Gasteiger partial charge in [-0.15, -0.1) is 0 Å². The fraction of sp³-hybridized carbons (Fsp3) is 0.500. The minimum Gasteiger partial charge on any atom is 0 e. The summed E-state index contributed by atoms with van der Waals surface area (Å²) in [6.45, 7) is -0.772. The average molecular weight is 542 g/mol. The smallest absolute Gasteiger partial charge is 0 e. The SMILES string of the molecule is [CH2-]N(CF)C(=O)[CH2][PbH].[Pa]. The summed E-state index contributed by atoms with van der Waals surface area (Å²) in [4.78, 5) is 11.2. The predicted molar refractivity (Wildman–Crippen MR) is 30.1 cm³/mol. The molecule has 0 saturated heterocycles. The second-order valence-corrected chi connectivity index (χ2v) is 2.84. The first-order valence-corrected chi connectivity index (χ1v) is 5.26. The maximum absolute atomic E-state index is 11.5. The number of alkyl halides is 1. The Morgan fingerprint density at radius 1 is 1.78 bits per heavy atom. The molecule has 0 spiro atoms. The monoisotopic (exact) mass is 543 g/mol. The van der Waals surface area contributed by atoms with Gasteiger partial charge in [-0.05, 0) is 0 Å². The maximum atomic E-state index is 11.5. The molecule has 2 nitrogen and oxygen atoms in total. The van der Waals surface area contributed by atoms with Crippen LogP contribution in [0.4, 0.5) is 4.39 Å². The van der Waals surface area contributed by atoms with E-state index in [4.69, 9.17) is 0 Å². The molecular weight excluding hydrogens is 535 g/mol. The quantitative estimate of drug-likeness (QED) is 0.270. The Morgan fingerprint density at radius 3 is 2.33 bits per heavy atom. The van der Waals surface area contributed by atoms with E-state index in [9.17, 15) is 9.18 Å². The Morgan fingerprint density at radius 2 is 2.22 bits per heavy atom. The molecule has 0 heterocycles. The van der Waals surface area contributed by atoms with Crippen molar-refractivity contribution in [3.05, 3.63) is 7.05 Å². The van der Waals surface area contributed by atoms with E-state index in [-0.39, 0.29) is 38.2 Å². The largest absolute Gasteiger partial charge is 0 e. The van der Waals surface area contributed by atoms with E-state index in [0.29, 0.717) is 29.7 Å². The van der Waals surface area contributed by atoms with Crippen LogP contribution in [-0.4, -0.2) is 43.4 Å². The molecule has 0 saturated carbocycles. The molecule has 0 aliphatic heterocycles. The van der Waals surface area contributed by atoms with E-state index in [0.717, 1.165) is 4.90 Å². The molecule has 5 heteroatoms. The molecule has 0 aliphatic rings. The van der Waals surface area contributed by atoms with E-state index < -0.39 is 6.80 Å². The number of carbonyl (C=O) groups excluding carboxylic acids is 1. The molecule has 0 fully saturated rings. The number of amides is 1. The summed E-state index contributed by atoms with van der Waals surface area (Å²) in [7, 11) is 3.16. The van der Waals surface area contributed by atoms with Crippen LogP contribution in [0.25, 0.3) is 0 Å². The fourth-order valence-electron chi connectivity index (χ4n) is 0.196. The van der Waals surface area contributed by atoms with Crippen LogP contribution >= 0.6 is 0 Å². The van der Waals surface area contributed by atoms with Crippen LogP contribution in [0.1, 0.15) is 0 Å². The van der Waals surface area contributed by atoms with Gasteiger partial charge in [-0.25, -0.2) is 0 Å². The van der Waals surface area contributed by atoms with Crippen LogP contribution in [0.15, 0.2) is 0 Å². The third-order valence-corrected chi connectivity index (χ3v) is 2.03. The zero-order valence-electron chi connectivity index (χ0n) is 5.01. The number of hydrogen-bond donors (Lipinski definition) is 0. The van der Waals surface area contributed by atoms with Crippen LogP contribution in [0.5, 0.6) is 0 Å². The summed E-state index contributed by atoms with van der Waals surface area (Å²) in [5, 5.41) is 0. The predicted octanol–water partition coefficient (Wildman–Crippen LogP) is -0.147. The normalized spacial score (nSPS) is 7.89. The van der Waals surface area contributed by atoms with Crippen molar-refractivity contribution in [2.45, 2.75) is 3.98 Å². The second kappa shape index (κ2) is 7.52. The molecule has 0 unspecified atom stereocenters. The van der Waals surface area contributed by atoms with Crippen molar-refractivity contribution in [3.8, 4) is 0 Å². The van der Waals surface area contributed by atoms with Crippen LogP contribution in [0.2, 0.25) is 3.98 Å². The fourth-order valence-corrected chi connectivity index (χ4v) is 1.20. The molecule has 9 heavy (non-hydrogen) atoms. The van der Waals surface area contributed by atoms with Crippen molar-refractivity contribution >= 4 is 31.7 Å². The summed E-state index contributed by atoms with van der Waals surface area (Å²) in [6.07, 6.45) is 0. The Balaban J connectivity index is 0. The Bertz CT molecular complexity index is 92.6. The standard InChI is InChI=1S/C4H6FNO.Pa.Pb.H/c1-4(7)6(2)3-5;;;/h1-3H2;;;/q-1;;;. The summed E-state index contributed by atoms with van der Waals surface area (Å²) in [5.41, 5.74) is 0. The van der Waals surface area contributed by atoms with Crippen LogP contribution in [0, 0.1) is 39.4 Å². The van der Waals surface area contributed by atoms with Crippen molar-refractivity contribution in [2.24, 2.45) is 0 Å². The molecule has 0 N–H and O–H groups in total. The zero-order valence-corrected chi connectivity index (χ0v) is 14.3. The molecule has 0 aromatic rings. The topological polar surface area (TPSA) is 20.3 Å². The van der Waals surface area contributed by atoms with Gasteiger partial charge in [-0.3, -0.25) is 0 Å². The van der Waals surface area contributed by atoms with E-state index in [1.165, 1.54) is 0 Å². The summed E-state index contributed by atoms with van der Waals surface area (Å²) in [5.74, 6) is -0.197. The summed E-state index contributed by atoms with van der Waals surface area (Å²) < 4.78 is 12.0. The first-order valence-electron chi connectivity index (χ1n) is 2.09. The molecule has 49 valence electrons. The van der Waals surface area contributed by atoms with Crippen molar-refractivity contribution in [1.29, 1.82) is 0 Å².